The minimum atomic E-state index is -0.137. The van der Waals surface area contributed by atoms with E-state index in [2.05, 4.69) is 48.5 Å². The van der Waals surface area contributed by atoms with Gasteiger partial charge in [0.25, 0.3) is 0 Å². The van der Waals surface area contributed by atoms with E-state index in [9.17, 15) is 10.2 Å². The van der Waals surface area contributed by atoms with Crippen LogP contribution < -0.4 is 0 Å². The van der Waals surface area contributed by atoms with Crippen molar-refractivity contribution in [2.45, 2.75) is 119 Å². The lowest BCUT2D eigenvalue weighted by Crippen LogP contribution is -2.66. The number of hydrogen-bond acceptors (Lipinski definition) is 2. The Morgan fingerprint density at radius 3 is 2.12 bits per heavy atom. The van der Waals surface area contributed by atoms with E-state index in [1.165, 1.54) is 57.8 Å². The summed E-state index contributed by atoms with van der Waals surface area (Å²) in [5.41, 5.74) is 1.40. The molecule has 2 nitrogen and oxygen atoms in total. The molecule has 184 valence electrons. The smallest absolute Gasteiger partial charge is 0.0594 e. The Labute approximate surface area is 198 Å². The normalized spacial score (nSPS) is 56.8. The van der Waals surface area contributed by atoms with E-state index in [4.69, 9.17) is 0 Å². The van der Waals surface area contributed by atoms with Gasteiger partial charge >= 0.3 is 0 Å². The minimum Gasteiger partial charge on any atom is -0.396 e. The highest BCUT2D eigenvalue weighted by Crippen LogP contribution is 2.77. The Morgan fingerprint density at radius 1 is 0.750 bits per heavy atom. The van der Waals surface area contributed by atoms with Gasteiger partial charge in [0.15, 0.2) is 0 Å². The number of aliphatic hydroxyl groups is 2. The molecule has 32 heavy (non-hydrogen) atoms. The van der Waals surface area contributed by atoms with Gasteiger partial charge in [-0.05, 0) is 127 Å². The summed E-state index contributed by atoms with van der Waals surface area (Å²) < 4.78 is 0. The topological polar surface area (TPSA) is 40.5 Å². The lowest BCUT2D eigenvalue weighted by molar-refractivity contribution is -0.251. The second kappa shape index (κ2) is 7.22. The minimum absolute atomic E-state index is 0.0406. The van der Waals surface area contributed by atoms with E-state index in [1.54, 1.807) is 0 Å². The van der Waals surface area contributed by atoms with Crippen LogP contribution in [0, 0.1) is 62.6 Å². The van der Waals surface area contributed by atoms with Crippen LogP contribution in [0.2, 0.25) is 0 Å². The van der Waals surface area contributed by atoms with Crippen molar-refractivity contribution in [3.8, 4) is 0 Å². The maximum Gasteiger partial charge on any atom is 0.0594 e. The predicted molar refractivity (Wildman–Crippen MR) is 132 cm³/mol. The Balaban J connectivity index is 1.54. The van der Waals surface area contributed by atoms with Gasteiger partial charge in [0, 0.05) is 6.61 Å². The molecule has 0 amide bonds. The standard InChI is InChI=1S/C30H52O2/c1-19(2)20-10-15-30(18-31)17-16-28(6)21(25(20)30)8-9-23-27(5)13-12-24(32)26(3,4)22(27)11-14-29(23,28)7/h19-25,31-32H,8-18H2,1-7H3/t20?,21-,22+,23-,24+,25-,27+,28-,29-,30-/m1/s1. The van der Waals surface area contributed by atoms with Crippen molar-refractivity contribution in [3.63, 3.8) is 0 Å². The first-order valence-corrected chi connectivity index (χ1v) is 14.2. The fourth-order valence-corrected chi connectivity index (χ4v) is 11.8. The molecule has 10 atom stereocenters. The van der Waals surface area contributed by atoms with Crippen LogP contribution in [0.25, 0.3) is 0 Å². The van der Waals surface area contributed by atoms with Gasteiger partial charge in [-0.2, -0.15) is 0 Å². The fourth-order valence-electron chi connectivity index (χ4n) is 11.8. The summed E-state index contributed by atoms with van der Waals surface area (Å²) in [6, 6.07) is 0. The molecule has 0 saturated heterocycles. The molecular weight excluding hydrogens is 392 g/mol. The zero-order valence-corrected chi connectivity index (χ0v) is 22.2. The third-order valence-corrected chi connectivity index (χ3v) is 13.8. The molecule has 1 unspecified atom stereocenters. The molecule has 0 aromatic carbocycles. The molecule has 0 aromatic rings. The first-order valence-electron chi connectivity index (χ1n) is 14.2. The molecule has 0 spiro atoms. The first kappa shape index (κ1) is 23.7. The second-order valence-corrected chi connectivity index (χ2v) is 15.0. The van der Waals surface area contributed by atoms with E-state index in [-0.39, 0.29) is 16.9 Å². The molecule has 0 bridgehead atoms. The molecule has 0 aromatic heterocycles. The highest BCUT2D eigenvalue weighted by atomic mass is 16.3. The molecule has 5 saturated carbocycles. The Kier molecular flexibility index (Phi) is 5.34. The van der Waals surface area contributed by atoms with E-state index in [0.717, 1.165) is 36.0 Å². The average Bonchev–Trinajstić information content (AvgIpc) is 3.12. The van der Waals surface area contributed by atoms with Crippen molar-refractivity contribution < 1.29 is 10.2 Å². The zero-order chi connectivity index (χ0) is 23.3. The Morgan fingerprint density at radius 2 is 1.47 bits per heavy atom. The van der Waals surface area contributed by atoms with Gasteiger partial charge in [-0.15, -0.1) is 0 Å². The second-order valence-electron chi connectivity index (χ2n) is 15.0. The lowest BCUT2D eigenvalue weighted by atomic mass is 9.32. The number of hydrogen-bond donors (Lipinski definition) is 2. The maximum atomic E-state index is 10.9. The lowest BCUT2D eigenvalue weighted by Gasteiger charge is -2.73. The summed E-state index contributed by atoms with van der Waals surface area (Å²) in [5.74, 6) is 4.45. The third-order valence-electron chi connectivity index (χ3n) is 13.8. The molecule has 5 fully saturated rings. The van der Waals surface area contributed by atoms with Crippen LogP contribution >= 0.6 is 0 Å². The van der Waals surface area contributed by atoms with Crippen LogP contribution in [0.15, 0.2) is 0 Å². The quantitative estimate of drug-likeness (QED) is 0.478. The van der Waals surface area contributed by atoms with Gasteiger partial charge in [-0.1, -0.05) is 48.5 Å². The summed E-state index contributed by atoms with van der Waals surface area (Å²) >= 11 is 0. The van der Waals surface area contributed by atoms with Crippen LogP contribution in [-0.2, 0) is 0 Å². The summed E-state index contributed by atoms with van der Waals surface area (Å²) in [7, 11) is 0. The third kappa shape index (κ3) is 2.72. The van der Waals surface area contributed by atoms with Crippen LogP contribution in [0.5, 0.6) is 0 Å². The van der Waals surface area contributed by atoms with Crippen LogP contribution in [0.4, 0.5) is 0 Å². The summed E-state index contributed by atoms with van der Waals surface area (Å²) in [4.78, 5) is 0. The van der Waals surface area contributed by atoms with Gasteiger partial charge in [0.05, 0.1) is 6.10 Å². The van der Waals surface area contributed by atoms with E-state index >= 15 is 0 Å². The van der Waals surface area contributed by atoms with Crippen molar-refractivity contribution in [2.24, 2.45) is 62.6 Å². The highest BCUT2D eigenvalue weighted by molar-refractivity contribution is 5.19. The highest BCUT2D eigenvalue weighted by Gasteiger charge is 2.70. The van der Waals surface area contributed by atoms with Crippen LogP contribution in [-0.4, -0.2) is 22.9 Å². The molecule has 2 heteroatoms. The number of aliphatic hydroxyl groups excluding tert-OH is 2. The predicted octanol–water partition coefficient (Wildman–Crippen LogP) is 7.08. The van der Waals surface area contributed by atoms with Crippen molar-refractivity contribution >= 4 is 0 Å². The van der Waals surface area contributed by atoms with E-state index < -0.39 is 0 Å². The SMILES string of the molecule is CC(C)C1CC[C@]2(CO)CC[C@]3(C)[C@H](CC[C@@H]4[C@@]5(C)CC[C@H](O)C(C)(C)[C@@H]5CC[C@]43C)[C@@H]12. The first-order chi connectivity index (χ1) is 14.9. The van der Waals surface area contributed by atoms with Crippen molar-refractivity contribution in [3.05, 3.63) is 0 Å². The fraction of sp³-hybridized carbons (Fsp3) is 1.00. The number of rotatable bonds is 2. The molecule has 5 rings (SSSR count). The van der Waals surface area contributed by atoms with Crippen LogP contribution in [0.1, 0.15) is 113 Å². The molecule has 0 aliphatic heterocycles. The van der Waals surface area contributed by atoms with Gasteiger partial charge < -0.3 is 10.2 Å². The monoisotopic (exact) mass is 444 g/mol. The molecule has 5 aliphatic rings. The molecule has 5 aliphatic carbocycles. The Hall–Kier alpha value is -0.0800. The molecule has 0 heterocycles. The summed E-state index contributed by atoms with van der Waals surface area (Å²) in [6.07, 6.45) is 12.6. The van der Waals surface area contributed by atoms with Gasteiger partial charge in [0.2, 0.25) is 0 Å². The van der Waals surface area contributed by atoms with Crippen molar-refractivity contribution in [1.29, 1.82) is 0 Å². The maximum absolute atomic E-state index is 10.9. The molecular formula is C30H52O2. The van der Waals surface area contributed by atoms with Gasteiger partial charge in [-0.3, -0.25) is 0 Å². The van der Waals surface area contributed by atoms with Gasteiger partial charge in [-0.25, -0.2) is 0 Å². The summed E-state index contributed by atoms with van der Waals surface area (Å²) in [6.45, 7) is 18.1. The Bertz CT molecular complexity index is 743. The van der Waals surface area contributed by atoms with E-state index in [0.29, 0.717) is 28.8 Å². The van der Waals surface area contributed by atoms with Crippen molar-refractivity contribution in [2.75, 3.05) is 6.61 Å². The average molecular weight is 445 g/mol. The molecule has 0 radical (unpaired) electrons. The zero-order valence-electron chi connectivity index (χ0n) is 22.2. The summed E-state index contributed by atoms with van der Waals surface area (Å²) in [5, 5.41) is 21.6. The number of fused-ring (bicyclic) bond motifs is 7. The van der Waals surface area contributed by atoms with Crippen molar-refractivity contribution in [1.82, 2.24) is 0 Å². The van der Waals surface area contributed by atoms with E-state index in [1.807, 2.05) is 0 Å². The van der Waals surface area contributed by atoms with Crippen LogP contribution in [0.3, 0.4) is 0 Å². The largest absolute Gasteiger partial charge is 0.396 e. The molecule has 2 N–H and O–H groups in total. The van der Waals surface area contributed by atoms with Gasteiger partial charge in [0.1, 0.15) is 0 Å².